The van der Waals surface area contributed by atoms with Gasteiger partial charge in [0.05, 0.1) is 29.3 Å². The van der Waals surface area contributed by atoms with Crippen LogP contribution in [-0.4, -0.2) is 40.0 Å². The van der Waals surface area contributed by atoms with E-state index in [4.69, 9.17) is 10.8 Å². The summed E-state index contributed by atoms with van der Waals surface area (Å²) in [5.41, 5.74) is 4.32. The molecule has 0 saturated carbocycles. The van der Waals surface area contributed by atoms with Crippen molar-refractivity contribution in [2.75, 3.05) is 18.4 Å². The maximum Gasteiger partial charge on any atom is 0.241 e. The van der Waals surface area contributed by atoms with Crippen LogP contribution in [0.5, 0.6) is 0 Å². The summed E-state index contributed by atoms with van der Waals surface area (Å²) in [4.78, 5) is 24.8. The summed E-state index contributed by atoms with van der Waals surface area (Å²) >= 11 is 0. The summed E-state index contributed by atoms with van der Waals surface area (Å²) in [6.07, 6.45) is 9.63. The number of hydrogen-bond donors (Lipinski definition) is 4. The molecule has 2 aromatic carbocycles. The Morgan fingerprint density at radius 3 is 2.86 bits per heavy atom. The number of nitrogens with one attached hydrogen (secondary N) is 4. The van der Waals surface area contributed by atoms with Gasteiger partial charge in [-0.25, -0.2) is 9.97 Å². The second-order valence-electron chi connectivity index (χ2n) is 8.73. The number of nitrogens with zero attached hydrogens (tertiary/aromatic N) is 2. The van der Waals surface area contributed by atoms with Gasteiger partial charge in [-0.05, 0) is 68.8 Å². The third-order valence-electron chi connectivity index (χ3n) is 6.20. The van der Waals surface area contributed by atoms with Gasteiger partial charge in [-0.1, -0.05) is 0 Å². The maximum atomic E-state index is 12.3. The second-order valence-corrected chi connectivity index (χ2v) is 8.73. The van der Waals surface area contributed by atoms with E-state index in [1.165, 1.54) is 0 Å². The second kappa shape index (κ2) is 10.1. The molecular formula is C27H28N6O2. The molecule has 1 aliphatic heterocycles. The standard InChI is InChI=1S/C27H28N6O2/c1-3-4-13-28-17(2)25-32-21-12-9-19(15-23(21)33-25)24-16-30-27(35-24)18-7-10-20(11-8-18)31-26(34)22-6-5-14-29-22/h1,7-12,15-17,22,28-29H,4-6,13-14H2,2H3,(H,31,34)(H,32,33)/t17-,22-/m0/s1. The van der Waals surface area contributed by atoms with Crippen LogP contribution >= 0.6 is 0 Å². The first-order chi connectivity index (χ1) is 17.1. The van der Waals surface area contributed by atoms with Gasteiger partial charge in [0.2, 0.25) is 11.8 Å². The molecule has 2 atom stereocenters. The van der Waals surface area contributed by atoms with Crippen molar-refractivity contribution >= 4 is 22.6 Å². The molecule has 2 aromatic heterocycles. The predicted molar refractivity (Wildman–Crippen MR) is 137 cm³/mol. The zero-order valence-electron chi connectivity index (χ0n) is 19.6. The minimum atomic E-state index is -0.111. The van der Waals surface area contributed by atoms with Crippen LogP contribution in [0.4, 0.5) is 5.69 Å². The molecule has 1 saturated heterocycles. The number of hydrogen-bond acceptors (Lipinski definition) is 6. The summed E-state index contributed by atoms with van der Waals surface area (Å²) in [5.74, 6) is 4.69. The number of rotatable bonds is 8. The zero-order chi connectivity index (χ0) is 24.2. The first-order valence-electron chi connectivity index (χ1n) is 11.9. The number of anilines is 1. The Bertz CT molecular complexity index is 1360. The first kappa shape index (κ1) is 22.8. The van der Waals surface area contributed by atoms with E-state index in [9.17, 15) is 4.79 Å². The Balaban J connectivity index is 1.28. The van der Waals surface area contributed by atoms with Crippen LogP contribution in [0, 0.1) is 12.3 Å². The number of imidazole rings is 1. The average Bonchev–Trinajstić information content (AvgIpc) is 3.65. The molecule has 8 nitrogen and oxygen atoms in total. The van der Waals surface area contributed by atoms with Gasteiger partial charge in [-0.3, -0.25) is 4.79 Å². The third-order valence-corrected chi connectivity index (χ3v) is 6.20. The minimum Gasteiger partial charge on any atom is -0.436 e. The highest BCUT2D eigenvalue weighted by molar-refractivity contribution is 5.95. The fraction of sp³-hybridized carbons (Fsp3) is 0.296. The minimum absolute atomic E-state index is 0.00348. The van der Waals surface area contributed by atoms with E-state index >= 15 is 0 Å². The fourth-order valence-corrected chi connectivity index (χ4v) is 4.22. The van der Waals surface area contributed by atoms with Gasteiger partial charge in [-0.15, -0.1) is 12.3 Å². The molecular weight excluding hydrogens is 440 g/mol. The molecule has 0 unspecified atom stereocenters. The third kappa shape index (κ3) is 5.11. The number of benzene rings is 2. The van der Waals surface area contributed by atoms with Crippen LogP contribution in [0.25, 0.3) is 33.8 Å². The van der Waals surface area contributed by atoms with Crippen LogP contribution in [0.15, 0.2) is 53.1 Å². The topological polar surface area (TPSA) is 108 Å². The summed E-state index contributed by atoms with van der Waals surface area (Å²) in [7, 11) is 0. The molecule has 0 aliphatic carbocycles. The van der Waals surface area contributed by atoms with E-state index in [1.54, 1.807) is 6.20 Å². The number of oxazole rings is 1. The van der Waals surface area contributed by atoms with E-state index in [1.807, 2.05) is 42.5 Å². The van der Waals surface area contributed by atoms with Gasteiger partial charge in [0.25, 0.3) is 0 Å². The monoisotopic (exact) mass is 468 g/mol. The Hall–Kier alpha value is -3.93. The Morgan fingerprint density at radius 1 is 1.26 bits per heavy atom. The summed E-state index contributed by atoms with van der Waals surface area (Å²) < 4.78 is 6.05. The lowest BCUT2D eigenvalue weighted by molar-refractivity contribution is -0.117. The average molecular weight is 469 g/mol. The summed E-state index contributed by atoms with van der Waals surface area (Å²) in [6.45, 7) is 3.69. The van der Waals surface area contributed by atoms with Crippen molar-refractivity contribution in [1.29, 1.82) is 0 Å². The number of carbonyl (C=O) groups is 1. The highest BCUT2D eigenvalue weighted by atomic mass is 16.4. The van der Waals surface area contributed by atoms with E-state index < -0.39 is 0 Å². The lowest BCUT2D eigenvalue weighted by Gasteiger charge is -2.11. The molecule has 4 N–H and O–H groups in total. The van der Waals surface area contributed by atoms with Crippen molar-refractivity contribution in [3.63, 3.8) is 0 Å². The first-order valence-corrected chi connectivity index (χ1v) is 11.9. The molecule has 3 heterocycles. The number of terminal acetylenes is 1. The van der Waals surface area contributed by atoms with E-state index in [0.717, 1.165) is 59.6 Å². The quantitative estimate of drug-likeness (QED) is 0.227. The molecule has 178 valence electrons. The van der Waals surface area contributed by atoms with Gasteiger partial charge < -0.3 is 25.4 Å². The van der Waals surface area contributed by atoms with E-state index in [2.05, 4.69) is 43.7 Å². The normalized spacial score (nSPS) is 16.3. The Morgan fingerprint density at radius 2 is 2.09 bits per heavy atom. The van der Waals surface area contributed by atoms with Crippen molar-refractivity contribution in [2.45, 2.75) is 38.3 Å². The van der Waals surface area contributed by atoms with Crippen molar-refractivity contribution in [3.05, 3.63) is 54.5 Å². The van der Waals surface area contributed by atoms with Crippen molar-refractivity contribution in [1.82, 2.24) is 25.6 Å². The van der Waals surface area contributed by atoms with Crippen LogP contribution in [0.1, 0.15) is 38.1 Å². The van der Waals surface area contributed by atoms with Crippen molar-refractivity contribution in [2.24, 2.45) is 0 Å². The lowest BCUT2D eigenvalue weighted by Crippen LogP contribution is -2.35. The molecule has 1 aliphatic rings. The van der Waals surface area contributed by atoms with Crippen molar-refractivity contribution < 1.29 is 9.21 Å². The van der Waals surface area contributed by atoms with Crippen LogP contribution in [0.2, 0.25) is 0 Å². The summed E-state index contributed by atoms with van der Waals surface area (Å²) in [6, 6.07) is 13.4. The maximum absolute atomic E-state index is 12.3. The Labute approximate surface area is 203 Å². The molecule has 35 heavy (non-hydrogen) atoms. The molecule has 8 heteroatoms. The zero-order valence-corrected chi connectivity index (χ0v) is 19.6. The molecule has 1 fully saturated rings. The number of aromatic amines is 1. The Kier molecular flexibility index (Phi) is 6.62. The number of carbonyl (C=O) groups excluding carboxylic acids is 1. The van der Waals surface area contributed by atoms with Gasteiger partial charge in [0.15, 0.2) is 5.76 Å². The SMILES string of the molecule is C#CCCN[C@@H](C)c1nc2ccc(-c3cnc(-c4ccc(NC(=O)[C@@H]5CCCN5)cc4)o3)cc2[nH]1. The lowest BCUT2D eigenvalue weighted by atomic mass is 10.1. The molecule has 1 amide bonds. The summed E-state index contributed by atoms with van der Waals surface area (Å²) in [5, 5.41) is 9.53. The number of amides is 1. The van der Waals surface area contributed by atoms with E-state index in [0.29, 0.717) is 18.1 Å². The molecule has 0 bridgehead atoms. The van der Waals surface area contributed by atoms with Crippen LogP contribution < -0.4 is 16.0 Å². The largest absolute Gasteiger partial charge is 0.436 e. The van der Waals surface area contributed by atoms with Crippen molar-refractivity contribution in [3.8, 4) is 35.1 Å². The predicted octanol–water partition coefficient (Wildman–Crippen LogP) is 4.25. The van der Waals surface area contributed by atoms with Gasteiger partial charge in [-0.2, -0.15) is 0 Å². The van der Waals surface area contributed by atoms with Crippen LogP contribution in [0.3, 0.4) is 0 Å². The smallest absolute Gasteiger partial charge is 0.241 e. The highest BCUT2D eigenvalue weighted by Crippen LogP contribution is 2.29. The molecule has 5 rings (SSSR count). The molecule has 0 radical (unpaired) electrons. The molecule has 4 aromatic rings. The highest BCUT2D eigenvalue weighted by Gasteiger charge is 2.22. The van der Waals surface area contributed by atoms with E-state index in [-0.39, 0.29) is 18.0 Å². The fourth-order valence-electron chi connectivity index (χ4n) is 4.22. The van der Waals surface area contributed by atoms with Gasteiger partial charge in [0.1, 0.15) is 5.82 Å². The van der Waals surface area contributed by atoms with Gasteiger partial charge >= 0.3 is 0 Å². The number of aromatic nitrogens is 3. The van der Waals surface area contributed by atoms with Crippen LogP contribution in [-0.2, 0) is 4.79 Å². The number of fused-ring (bicyclic) bond motifs is 1. The van der Waals surface area contributed by atoms with Gasteiger partial charge in [0, 0.05) is 29.8 Å². The molecule has 0 spiro atoms. The number of H-pyrrole nitrogens is 1.